The molecule has 0 saturated heterocycles. The molecule has 310 valence electrons. The molecule has 1 heterocycles. The number of fused-ring (bicyclic) bond motifs is 3. The Hall–Kier alpha value is -3.68. The van der Waals surface area contributed by atoms with Crippen molar-refractivity contribution in [2.45, 2.75) is 148 Å². The SMILES string of the molecule is CCOC(=O)[C@@H](C)Oc1cc2c(c(C)c1O[C@H](C)C(=O)OCC)C(=C1c3cccc(O[Si](C)(C)C(C)(C)C)c3Sc3c(O[Si](C)(C)C(C)(C)C)cccc31)[C@H](C)C2. The van der Waals surface area contributed by atoms with Crippen LogP contribution in [0.1, 0.15) is 104 Å². The second-order valence-corrected chi connectivity index (χ2v) is 28.8. The van der Waals surface area contributed by atoms with Gasteiger partial charge in [-0.1, -0.05) is 84.5 Å². The lowest BCUT2D eigenvalue weighted by Gasteiger charge is -2.39. The highest BCUT2D eigenvalue weighted by Gasteiger charge is 2.43. The minimum Gasteiger partial charge on any atom is -0.543 e. The third kappa shape index (κ3) is 8.86. The van der Waals surface area contributed by atoms with Crippen molar-refractivity contribution in [1.29, 1.82) is 0 Å². The van der Waals surface area contributed by atoms with Crippen LogP contribution >= 0.6 is 11.8 Å². The van der Waals surface area contributed by atoms with E-state index in [4.69, 9.17) is 27.8 Å². The average molecular weight is 833 g/mol. The van der Waals surface area contributed by atoms with E-state index in [1.54, 1.807) is 39.5 Å². The van der Waals surface area contributed by atoms with Gasteiger partial charge in [0.15, 0.2) is 23.7 Å². The van der Waals surface area contributed by atoms with Gasteiger partial charge in [0, 0.05) is 16.7 Å². The number of benzene rings is 3. The molecule has 3 aromatic carbocycles. The van der Waals surface area contributed by atoms with E-state index >= 15 is 0 Å². The van der Waals surface area contributed by atoms with Crippen molar-refractivity contribution in [3.8, 4) is 23.0 Å². The summed E-state index contributed by atoms with van der Waals surface area (Å²) in [5, 5.41) is 0.00501. The van der Waals surface area contributed by atoms with Crippen LogP contribution in [0.25, 0.3) is 11.1 Å². The fraction of sp³-hybridized carbons (Fsp3) is 0.522. The van der Waals surface area contributed by atoms with Crippen molar-refractivity contribution in [2.24, 2.45) is 5.92 Å². The van der Waals surface area contributed by atoms with E-state index in [0.29, 0.717) is 11.5 Å². The maximum atomic E-state index is 13.0. The van der Waals surface area contributed by atoms with Gasteiger partial charge in [0.05, 0.1) is 23.0 Å². The molecule has 0 aromatic heterocycles. The second-order valence-electron chi connectivity index (χ2n) is 18.4. The van der Waals surface area contributed by atoms with Gasteiger partial charge in [-0.25, -0.2) is 9.59 Å². The van der Waals surface area contributed by atoms with Crippen LogP contribution in [0, 0.1) is 12.8 Å². The van der Waals surface area contributed by atoms with E-state index in [-0.39, 0.29) is 29.2 Å². The smallest absolute Gasteiger partial charge is 0.347 e. The number of esters is 2. The van der Waals surface area contributed by atoms with E-state index in [9.17, 15) is 9.59 Å². The summed E-state index contributed by atoms with van der Waals surface area (Å²) in [6.45, 7) is 34.4. The number of hydrogen-bond acceptors (Lipinski definition) is 9. The van der Waals surface area contributed by atoms with Crippen molar-refractivity contribution in [2.75, 3.05) is 13.2 Å². The van der Waals surface area contributed by atoms with Crippen LogP contribution in [0.4, 0.5) is 0 Å². The molecule has 57 heavy (non-hydrogen) atoms. The van der Waals surface area contributed by atoms with Crippen molar-refractivity contribution < 1.29 is 37.4 Å². The summed E-state index contributed by atoms with van der Waals surface area (Å²) in [5.41, 5.74) is 7.49. The van der Waals surface area contributed by atoms with Gasteiger partial charge in [0.2, 0.25) is 0 Å². The Balaban J connectivity index is 1.83. The maximum Gasteiger partial charge on any atom is 0.347 e. The Morgan fingerprint density at radius 3 is 1.65 bits per heavy atom. The molecular formula is C46H64O8SSi2. The lowest BCUT2D eigenvalue weighted by molar-refractivity contribution is -0.152. The second kappa shape index (κ2) is 16.5. The van der Waals surface area contributed by atoms with Gasteiger partial charge >= 0.3 is 11.9 Å². The molecule has 11 heteroatoms. The monoisotopic (exact) mass is 832 g/mol. The van der Waals surface area contributed by atoms with Crippen LogP contribution in [0.2, 0.25) is 36.3 Å². The Kier molecular flexibility index (Phi) is 12.9. The Morgan fingerprint density at radius 1 is 0.754 bits per heavy atom. The standard InChI is InChI=1S/C46H64O8SSi2/c1-17-49-43(47)29(5)51-36-26-31-25-27(3)37(38(31)28(4)40(36)52-30(6)44(48)50-18-2)39-32-21-19-23-34(53-56(13,14)45(7,8)9)41(32)55-42-33(39)22-20-24-35(42)54-57(15,16)46(10,11)12/h19-24,26-27,29-30H,17-18,25H2,1-16H3/t27-,29-,30-/m1/s1. The van der Waals surface area contributed by atoms with Crippen LogP contribution in [0.3, 0.4) is 0 Å². The third-order valence-corrected chi connectivity index (χ3v) is 21.9. The van der Waals surface area contributed by atoms with Crippen LogP contribution in [-0.4, -0.2) is 54.0 Å². The van der Waals surface area contributed by atoms with Crippen LogP contribution in [0.15, 0.2) is 52.3 Å². The summed E-state index contributed by atoms with van der Waals surface area (Å²) < 4.78 is 37.7. The van der Waals surface area contributed by atoms with Gasteiger partial charge in [-0.3, -0.25) is 0 Å². The molecular weight excluding hydrogens is 769 g/mol. The maximum absolute atomic E-state index is 13.0. The van der Waals surface area contributed by atoms with Crippen LogP contribution in [0.5, 0.6) is 23.0 Å². The Morgan fingerprint density at radius 2 is 1.21 bits per heavy atom. The summed E-state index contributed by atoms with van der Waals surface area (Å²) in [6, 6.07) is 14.9. The minimum absolute atomic E-state index is 0.00250. The normalized spacial score (nSPS) is 16.5. The molecule has 0 saturated carbocycles. The summed E-state index contributed by atoms with van der Waals surface area (Å²) in [6.07, 6.45) is -1.08. The highest BCUT2D eigenvalue weighted by molar-refractivity contribution is 7.99. The molecule has 0 radical (unpaired) electrons. The van der Waals surface area contributed by atoms with Gasteiger partial charge in [-0.15, -0.1) is 0 Å². The van der Waals surface area contributed by atoms with E-state index < -0.39 is 40.8 Å². The summed E-state index contributed by atoms with van der Waals surface area (Å²) in [5.74, 6) is 1.70. The first-order chi connectivity index (χ1) is 26.4. The zero-order valence-corrected chi connectivity index (χ0v) is 39.9. The molecule has 0 amide bonds. The fourth-order valence-corrected chi connectivity index (χ4v) is 10.2. The van der Waals surface area contributed by atoms with Crippen molar-refractivity contribution in [3.63, 3.8) is 0 Å². The first-order valence-corrected chi connectivity index (χ1v) is 27.0. The van der Waals surface area contributed by atoms with E-state index in [1.165, 1.54) is 5.57 Å². The average Bonchev–Trinajstić information content (AvgIpc) is 3.43. The first kappa shape index (κ1) is 44.4. The third-order valence-electron chi connectivity index (χ3n) is 12.0. The largest absolute Gasteiger partial charge is 0.543 e. The molecule has 1 aliphatic carbocycles. The number of carbonyl (C=O) groups excluding carboxylic acids is 2. The highest BCUT2D eigenvalue weighted by Crippen LogP contribution is 2.59. The molecule has 5 rings (SSSR count). The highest BCUT2D eigenvalue weighted by atomic mass is 32.2. The van der Waals surface area contributed by atoms with E-state index in [0.717, 1.165) is 61.1 Å². The minimum atomic E-state index is -2.23. The van der Waals surface area contributed by atoms with E-state index in [1.807, 2.05) is 13.0 Å². The number of rotatable bonds is 12. The Labute approximate surface area is 347 Å². The molecule has 0 spiro atoms. The number of hydrogen-bond donors (Lipinski definition) is 0. The fourth-order valence-electron chi connectivity index (χ4n) is 6.83. The molecule has 8 nitrogen and oxygen atoms in total. The predicted molar refractivity (Wildman–Crippen MR) is 236 cm³/mol. The molecule has 0 N–H and O–H groups in total. The van der Waals surface area contributed by atoms with Crippen molar-refractivity contribution >= 4 is 51.5 Å². The molecule has 0 unspecified atom stereocenters. The molecule has 0 bridgehead atoms. The zero-order chi connectivity index (χ0) is 42.4. The molecule has 0 fully saturated rings. The quantitative estimate of drug-likeness (QED) is 0.102. The van der Waals surface area contributed by atoms with Gasteiger partial charge < -0.3 is 27.8 Å². The van der Waals surface area contributed by atoms with Gasteiger partial charge in [-0.05, 0) is 124 Å². The van der Waals surface area contributed by atoms with Crippen LogP contribution < -0.4 is 18.3 Å². The van der Waals surface area contributed by atoms with Crippen molar-refractivity contribution in [3.05, 3.63) is 70.3 Å². The summed E-state index contributed by atoms with van der Waals surface area (Å²) in [4.78, 5) is 27.9. The number of allylic oxidation sites excluding steroid dienone is 1. The van der Waals surface area contributed by atoms with E-state index in [2.05, 4.69) is 111 Å². The predicted octanol–water partition coefficient (Wildman–Crippen LogP) is 12.0. The molecule has 1 aliphatic heterocycles. The van der Waals surface area contributed by atoms with Gasteiger partial charge in [-0.2, -0.15) is 0 Å². The van der Waals surface area contributed by atoms with Crippen LogP contribution in [-0.2, 0) is 25.5 Å². The van der Waals surface area contributed by atoms with Crippen molar-refractivity contribution in [1.82, 2.24) is 0 Å². The number of ether oxygens (including phenoxy) is 4. The lowest BCUT2D eigenvalue weighted by Crippen LogP contribution is -2.44. The molecule has 3 aromatic rings. The Bertz CT molecular complexity index is 1980. The zero-order valence-electron chi connectivity index (χ0n) is 37.1. The summed E-state index contributed by atoms with van der Waals surface area (Å²) >= 11 is 1.74. The number of carbonyl (C=O) groups is 2. The summed E-state index contributed by atoms with van der Waals surface area (Å²) in [7, 11) is -4.47. The molecule has 2 aliphatic rings. The lowest BCUT2D eigenvalue weighted by atomic mass is 9.85. The first-order valence-electron chi connectivity index (χ1n) is 20.3. The molecule has 3 atom stereocenters. The topological polar surface area (TPSA) is 89.5 Å². The van der Waals surface area contributed by atoms with Gasteiger partial charge in [0.1, 0.15) is 11.5 Å². The van der Waals surface area contributed by atoms with Gasteiger partial charge in [0.25, 0.3) is 16.6 Å².